The van der Waals surface area contributed by atoms with Gasteiger partial charge in [0.2, 0.25) is 0 Å². The molecule has 2 nitrogen and oxygen atoms in total. The molecule has 0 aliphatic heterocycles. The molecule has 1 rings (SSSR count). The van der Waals surface area contributed by atoms with Crippen LogP contribution in [0.15, 0.2) is 0 Å². The van der Waals surface area contributed by atoms with Gasteiger partial charge in [-0.2, -0.15) is 0 Å². The number of aliphatic hydroxyl groups is 1. The van der Waals surface area contributed by atoms with E-state index in [2.05, 4.69) is 0 Å². The molecule has 8 heavy (non-hydrogen) atoms. The van der Waals surface area contributed by atoms with Crippen LogP contribution in [0.2, 0.25) is 0 Å². The lowest BCUT2D eigenvalue weighted by atomic mass is 9.81. The van der Waals surface area contributed by atoms with Crippen LogP contribution in [0.4, 0.5) is 0 Å². The maximum absolute atomic E-state index is 10.3. The first kappa shape index (κ1) is 5.76. The van der Waals surface area contributed by atoms with Crippen LogP contribution in [0.3, 0.4) is 0 Å². The molecule has 0 radical (unpaired) electrons. The van der Waals surface area contributed by atoms with Crippen molar-refractivity contribution in [1.29, 1.82) is 0 Å². The minimum Gasteiger partial charge on any atom is -0.393 e. The predicted molar refractivity (Wildman–Crippen MR) is 29.4 cm³/mol. The van der Waals surface area contributed by atoms with E-state index < -0.39 is 0 Å². The summed E-state index contributed by atoms with van der Waals surface area (Å²) in [6.45, 7) is 1.73. The molecule has 1 aliphatic rings. The average molecular weight is 114 g/mol. The molecule has 0 bridgehead atoms. The van der Waals surface area contributed by atoms with Gasteiger partial charge in [0.25, 0.3) is 0 Å². The first-order valence-corrected chi connectivity index (χ1v) is 2.90. The molecule has 0 unspecified atom stereocenters. The van der Waals surface area contributed by atoms with Gasteiger partial charge in [-0.05, 0) is 12.8 Å². The Balaban J connectivity index is 2.25. The summed E-state index contributed by atoms with van der Waals surface area (Å²) in [5, 5.41) is 8.84. The molecule has 0 aromatic carbocycles. The van der Waals surface area contributed by atoms with Crippen molar-refractivity contribution in [3.8, 4) is 0 Å². The van der Waals surface area contributed by atoms with Gasteiger partial charge in [-0.15, -0.1) is 0 Å². The number of carbonyl (C=O) groups excluding carboxylic acids is 1. The lowest BCUT2D eigenvalue weighted by molar-refractivity contribution is -0.129. The summed E-state index contributed by atoms with van der Waals surface area (Å²) >= 11 is 0. The van der Waals surface area contributed by atoms with Crippen LogP contribution in [0.25, 0.3) is 0 Å². The molecular weight excluding hydrogens is 104 g/mol. The Hall–Kier alpha value is -0.370. The molecular formula is C6H10O2. The summed E-state index contributed by atoms with van der Waals surface area (Å²) in [6.07, 6.45) is 0.905. The number of carbonyl (C=O) groups is 1. The average Bonchev–Trinajstić information content (AvgIpc) is 1.57. The fourth-order valence-electron chi connectivity index (χ4n) is 0.866. The Labute approximate surface area is 48.5 Å². The normalized spacial score (nSPS) is 25.0. The van der Waals surface area contributed by atoms with Crippen LogP contribution < -0.4 is 0 Å². The van der Waals surface area contributed by atoms with Crippen molar-refractivity contribution in [3.63, 3.8) is 0 Å². The third-order valence-electron chi connectivity index (χ3n) is 1.66. The summed E-state index contributed by atoms with van der Waals surface area (Å²) in [4.78, 5) is 10.3. The quantitative estimate of drug-likeness (QED) is 0.534. The van der Waals surface area contributed by atoms with Gasteiger partial charge in [0.1, 0.15) is 5.78 Å². The molecule has 0 amide bonds. The van der Waals surface area contributed by atoms with Gasteiger partial charge < -0.3 is 5.11 Å². The number of rotatable bonds is 1. The van der Waals surface area contributed by atoms with E-state index in [1.54, 1.807) is 6.92 Å². The van der Waals surface area contributed by atoms with E-state index in [0.717, 1.165) is 0 Å². The molecule has 0 saturated heterocycles. The maximum Gasteiger partial charge on any atom is 0.133 e. The smallest absolute Gasteiger partial charge is 0.133 e. The Morgan fingerprint density at radius 2 is 2.25 bits per heavy atom. The first-order valence-electron chi connectivity index (χ1n) is 2.90. The first-order chi connectivity index (χ1) is 3.70. The SMILES string of the molecule is C[C@@H](O)C1CC(=O)C1. The van der Waals surface area contributed by atoms with Crippen LogP contribution in [-0.4, -0.2) is 17.0 Å². The van der Waals surface area contributed by atoms with Crippen LogP contribution in [0, 0.1) is 5.92 Å². The number of ketones is 1. The maximum atomic E-state index is 10.3. The molecule has 0 aromatic rings. The third-order valence-corrected chi connectivity index (χ3v) is 1.66. The second kappa shape index (κ2) is 1.86. The van der Waals surface area contributed by atoms with Gasteiger partial charge in [0, 0.05) is 12.8 Å². The van der Waals surface area contributed by atoms with Gasteiger partial charge in [0.15, 0.2) is 0 Å². The molecule has 0 spiro atoms. The number of hydrogen-bond acceptors (Lipinski definition) is 2. The molecule has 1 N–H and O–H groups in total. The Morgan fingerprint density at radius 3 is 2.38 bits per heavy atom. The lowest BCUT2D eigenvalue weighted by Crippen LogP contribution is -2.31. The highest BCUT2D eigenvalue weighted by Crippen LogP contribution is 2.25. The standard InChI is InChI=1S/C6H10O2/c1-4(7)5-2-6(8)3-5/h4-5,7H,2-3H2,1H3/t4-/m1/s1. The largest absolute Gasteiger partial charge is 0.393 e. The third kappa shape index (κ3) is 0.892. The highest BCUT2D eigenvalue weighted by molar-refractivity contribution is 5.84. The Kier molecular flexibility index (Phi) is 1.34. The van der Waals surface area contributed by atoms with Crippen molar-refractivity contribution in [1.82, 2.24) is 0 Å². The molecule has 2 heteroatoms. The van der Waals surface area contributed by atoms with Gasteiger partial charge in [-0.1, -0.05) is 0 Å². The Bertz CT molecular complexity index is 99.1. The Morgan fingerprint density at radius 1 is 1.75 bits per heavy atom. The van der Waals surface area contributed by atoms with Crippen molar-refractivity contribution in [3.05, 3.63) is 0 Å². The predicted octanol–water partition coefficient (Wildman–Crippen LogP) is 0.346. The van der Waals surface area contributed by atoms with Crippen molar-refractivity contribution < 1.29 is 9.90 Å². The molecule has 0 aromatic heterocycles. The van der Waals surface area contributed by atoms with Gasteiger partial charge >= 0.3 is 0 Å². The second-order valence-electron chi connectivity index (χ2n) is 2.45. The summed E-state index contributed by atoms with van der Waals surface area (Å²) in [6, 6.07) is 0. The fourth-order valence-corrected chi connectivity index (χ4v) is 0.866. The van der Waals surface area contributed by atoms with E-state index in [4.69, 9.17) is 5.11 Å². The zero-order chi connectivity index (χ0) is 6.15. The molecule has 1 atom stereocenters. The topological polar surface area (TPSA) is 37.3 Å². The molecule has 0 heterocycles. The van der Waals surface area contributed by atoms with Gasteiger partial charge in [-0.25, -0.2) is 0 Å². The van der Waals surface area contributed by atoms with E-state index in [9.17, 15) is 4.79 Å². The lowest BCUT2D eigenvalue weighted by Gasteiger charge is -2.26. The van der Waals surface area contributed by atoms with E-state index in [1.807, 2.05) is 0 Å². The zero-order valence-corrected chi connectivity index (χ0v) is 4.92. The van der Waals surface area contributed by atoms with E-state index in [-0.39, 0.29) is 17.8 Å². The van der Waals surface area contributed by atoms with Crippen LogP contribution >= 0.6 is 0 Å². The summed E-state index contributed by atoms with van der Waals surface area (Å²) in [5.41, 5.74) is 0. The molecule has 1 fully saturated rings. The van der Waals surface area contributed by atoms with Crippen LogP contribution in [0.5, 0.6) is 0 Å². The number of aliphatic hydroxyl groups excluding tert-OH is 1. The second-order valence-corrected chi connectivity index (χ2v) is 2.45. The molecule has 1 saturated carbocycles. The zero-order valence-electron chi connectivity index (χ0n) is 4.92. The molecule has 1 aliphatic carbocycles. The van der Waals surface area contributed by atoms with Gasteiger partial charge in [0.05, 0.1) is 6.10 Å². The summed E-state index contributed by atoms with van der Waals surface area (Å²) in [7, 11) is 0. The van der Waals surface area contributed by atoms with Crippen molar-refractivity contribution in [2.24, 2.45) is 5.92 Å². The van der Waals surface area contributed by atoms with Gasteiger partial charge in [-0.3, -0.25) is 4.79 Å². The minimum absolute atomic E-state index is 0.266. The highest BCUT2D eigenvalue weighted by atomic mass is 16.3. The van der Waals surface area contributed by atoms with E-state index in [0.29, 0.717) is 12.8 Å². The number of hydrogen-bond donors (Lipinski definition) is 1. The monoisotopic (exact) mass is 114 g/mol. The van der Waals surface area contributed by atoms with Crippen LogP contribution in [-0.2, 0) is 4.79 Å². The number of Topliss-reactive ketones (excluding diaryl/α,β-unsaturated/α-hetero) is 1. The van der Waals surface area contributed by atoms with Crippen molar-refractivity contribution in [2.45, 2.75) is 25.9 Å². The summed E-state index contributed by atoms with van der Waals surface area (Å²) < 4.78 is 0. The highest BCUT2D eigenvalue weighted by Gasteiger charge is 2.29. The summed E-state index contributed by atoms with van der Waals surface area (Å²) in [5.74, 6) is 0.554. The van der Waals surface area contributed by atoms with Crippen molar-refractivity contribution in [2.75, 3.05) is 0 Å². The fraction of sp³-hybridized carbons (Fsp3) is 0.833. The molecule has 46 valence electrons. The van der Waals surface area contributed by atoms with E-state index in [1.165, 1.54) is 0 Å². The van der Waals surface area contributed by atoms with E-state index >= 15 is 0 Å². The van der Waals surface area contributed by atoms with Crippen LogP contribution in [0.1, 0.15) is 19.8 Å². The van der Waals surface area contributed by atoms with Crippen molar-refractivity contribution >= 4 is 5.78 Å². The minimum atomic E-state index is -0.285.